The normalized spacial score (nSPS) is 19.4. The van der Waals surface area contributed by atoms with Gasteiger partial charge >= 0.3 is 0 Å². The SMILES string of the molecule is CC[C@@H]1C(=O)N(C)c2cnc(-n3ccnc3-c3cncnc3)nc2N1C1CCCC1. The summed E-state index contributed by atoms with van der Waals surface area (Å²) in [5.74, 6) is 2.13. The van der Waals surface area contributed by atoms with E-state index in [9.17, 15) is 4.79 Å². The summed E-state index contributed by atoms with van der Waals surface area (Å²) in [7, 11) is 1.81. The van der Waals surface area contributed by atoms with Gasteiger partial charge in [-0.15, -0.1) is 0 Å². The van der Waals surface area contributed by atoms with Gasteiger partial charge in [-0.25, -0.2) is 19.9 Å². The highest BCUT2D eigenvalue weighted by Crippen LogP contribution is 2.39. The second kappa shape index (κ2) is 7.47. The van der Waals surface area contributed by atoms with E-state index >= 15 is 0 Å². The van der Waals surface area contributed by atoms with E-state index in [1.54, 1.807) is 29.7 Å². The molecule has 1 saturated carbocycles. The molecule has 0 bridgehead atoms. The molecule has 0 spiro atoms. The third-order valence-corrected chi connectivity index (χ3v) is 6.07. The number of hydrogen-bond acceptors (Lipinski definition) is 7. The molecule has 154 valence electrons. The zero-order valence-electron chi connectivity index (χ0n) is 17.1. The summed E-state index contributed by atoms with van der Waals surface area (Å²) in [6, 6.07) is 0.136. The number of nitrogens with zero attached hydrogens (tertiary/aromatic N) is 8. The number of imidazole rings is 1. The molecular formula is C21H24N8O. The van der Waals surface area contributed by atoms with Crippen molar-refractivity contribution in [3.63, 3.8) is 0 Å². The van der Waals surface area contributed by atoms with Crippen molar-refractivity contribution in [2.45, 2.75) is 51.1 Å². The Morgan fingerprint density at radius 3 is 2.60 bits per heavy atom. The number of carbonyl (C=O) groups excluding carboxylic acids is 1. The molecule has 0 saturated heterocycles. The van der Waals surface area contributed by atoms with Crippen LogP contribution < -0.4 is 9.80 Å². The van der Waals surface area contributed by atoms with Gasteiger partial charge in [0, 0.05) is 37.9 Å². The Labute approximate surface area is 174 Å². The average Bonchev–Trinajstić information content (AvgIpc) is 3.48. The first-order valence-electron chi connectivity index (χ1n) is 10.4. The number of aromatic nitrogens is 6. The number of amides is 1. The third kappa shape index (κ3) is 2.92. The molecule has 3 aromatic rings. The Morgan fingerprint density at radius 2 is 1.87 bits per heavy atom. The lowest BCUT2D eigenvalue weighted by Gasteiger charge is -2.43. The van der Waals surface area contributed by atoms with Crippen LogP contribution in [0.25, 0.3) is 17.3 Å². The summed E-state index contributed by atoms with van der Waals surface area (Å²) in [5, 5.41) is 0. The molecule has 30 heavy (non-hydrogen) atoms. The Morgan fingerprint density at radius 1 is 1.10 bits per heavy atom. The quantitative estimate of drug-likeness (QED) is 0.660. The van der Waals surface area contributed by atoms with Crippen LogP contribution in [0.15, 0.2) is 37.3 Å². The first kappa shape index (κ1) is 18.7. The number of rotatable bonds is 4. The Balaban J connectivity index is 1.63. The third-order valence-electron chi connectivity index (χ3n) is 6.07. The highest BCUT2D eigenvalue weighted by molar-refractivity contribution is 6.04. The van der Waals surface area contributed by atoms with Gasteiger partial charge in [-0.3, -0.25) is 9.36 Å². The molecule has 9 nitrogen and oxygen atoms in total. The standard InChI is InChI=1S/C21H24N8O/c1-3-16-20(30)27(2)17-12-25-21(26-19(17)29(16)15-6-4-5-7-15)28-9-8-24-18(28)14-10-22-13-23-11-14/h8-13,15-16H,3-7H2,1-2H3/t16-/m1/s1. The van der Waals surface area contributed by atoms with E-state index in [2.05, 4.69) is 31.8 Å². The molecule has 5 rings (SSSR count). The highest BCUT2D eigenvalue weighted by Gasteiger charge is 2.41. The average molecular weight is 404 g/mol. The molecular weight excluding hydrogens is 380 g/mol. The van der Waals surface area contributed by atoms with Crippen molar-refractivity contribution in [1.82, 2.24) is 29.5 Å². The molecule has 2 aliphatic rings. The van der Waals surface area contributed by atoms with Gasteiger partial charge < -0.3 is 9.80 Å². The summed E-state index contributed by atoms with van der Waals surface area (Å²) >= 11 is 0. The molecule has 0 radical (unpaired) electrons. The molecule has 1 amide bonds. The summed E-state index contributed by atoms with van der Waals surface area (Å²) in [6.07, 6.45) is 15.5. The second-order valence-electron chi connectivity index (χ2n) is 7.79. The van der Waals surface area contributed by atoms with Crippen molar-refractivity contribution in [2.75, 3.05) is 16.8 Å². The lowest BCUT2D eigenvalue weighted by Crippen LogP contribution is -2.55. The fourth-order valence-electron chi connectivity index (χ4n) is 4.58. The molecule has 1 aliphatic heterocycles. The van der Waals surface area contributed by atoms with E-state index < -0.39 is 0 Å². The molecule has 0 N–H and O–H groups in total. The second-order valence-corrected chi connectivity index (χ2v) is 7.79. The number of fused-ring (bicyclic) bond motifs is 1. The van der Waals surface area contributed by atoms with E-state index in [0.717, 1.165) is 36.3 Å². The maximum absolute atomic E-state index is 13.0. The minimum atomic E-state index is -0.196. The van der Waals surface area contributed by atoms with E-state index in [4.69, 9.17) is 4.98 Å². The largest absolute Gasteiger partial charge is 0.340 e. The Bertz CT molecular complexity index is 1060. The minimum absolute atomic E-state index is 0.109. The summed E-state index contributed by atoms with van der Waals surface area (Å²) in [6.45, 7) is 2.06. The van der Waals surface area contributed by atoms with Crippen molar-refractivity contribution >= 4 is 17.4 Å². The maximum Gasteiger partial charge on any atom is 0.249 e. The van der Waals surface area contributed by atoms with E-state index in [0.29, 0.717) is 17.8 Å². The summed E-state index contributed by atoms with van der Waals surface area (Å²) < 4.78 is 1.84. The monoisotopic (exact) mass is 404 g/mol. The zero-order valence-corrected chi connectivity index (χ0v) is 17.1. The number of likely N-dealkylation sites (N-methyl/N-ethyl adjacent to an activating group) is 1. The minimum Gasteiger partial charge on any atom is -0.340 e. The molecule has 1 aliphatic carbocycles. The van der Waals surface area contributed by atoms with E-state index in [1.807, 2.05) is 17.8 Å². The van der Waals surface area contributed by atoms with Crippen LogP contribution in [0.3, 0.4) is 0 Å². The first-order chi connectivity index (χ1) is 14.7. The van der Waals surface area contributed by atoms with Crippen molar-refractivity contribution in [2.24, 2.45) is 0 Å². The fraction of sp³-hybridized carbons (Fsp3) is 0.429. The van der Waals surface area contributed by atoms with Crippen molar-refractivity contribution in [3.8, 4) is 17.3 Å². The lowest BCUT2D eigenvalue weighted by molar-refractivity contribution is -0.120. The van der Waals surface area contributed by atoms with Gasteiger partial charge in [-0.05, 0) is 19.3 Å². The molecule has 4 heterocycles. The van der Waals surface area contributed by atoms with Crippen LogP contribution in [0.4, 0.5) is 11.5 Å². The zero-order chi connectivity index (χ0) is 20.7. The topological polar surface area (TPSA) is 92.9 Å². The lowest BCUT2D eigenvalue weighted by atomic mass is 10.0. The van der Waals surface area contributed by atoms with Gasteiger partial charge in [0.15, 0.2) is 5.82 Å². The first-order valence-corrected chi connectivity index (χ1v) is 10.4. The van der Waals surface area contributed by atoms with E-state index in [1.165, 1.54) is 19.2 Å². The maximum atomic E-state index is 13.0. The Hall–Kier alpha value is -3.36. The molecule has 1 fully saturated rings. The molecule has 9 heteroatoms. The predicted molar refractivity (Wildman–Crippen MR) is 112 cm³/mol. The Kier molecular flexibility index (Phi) is 4.65. The summed E-state index contributed by atoms with van der Waals surface area (Å²) in [4.78, 5) is 39.1. The molecule has 0 unspecified atom stereocenters. The van der Waals surface area contributed by atoms with Crippen molar-refractivity contribution in [1.29, 1.82) is 0 Å². The molecule has 3 aromatic heterocycles. The highest BCUT2D eigenvalue weighted by atomic mass is 16.2. The fourth-order valence-corrected chi connectivity index (χ4v) is 4.58. The van der Waals surface area contributed by atoms with Crippen molar-refractivity contribution < 1.29 is 4.79 Å². The smallest absolute Gasteiger partial charge is 0.249 e. The van der Waals surface area contributed by atoms with Gasteiger partial charge in [-0.1, -0.05) is 19.8 Å². The van der Waals surface area contributed by atoms with Crippen LogP contribution in [0, 0.1) is 0 Å². The molecule has 1 atom stereocenters. The van der Waals surface area contributed by atoms with Crippen LogP contribution in [-0.4, -0.2) is 54.5 Å². The number of carbonyl (C=O) groups is 1. The van der Waals surface area contributed by atoms with Crippen molar-refractivity contribution in [3.05, 3.63) is 37.3 Å². The van der Waals surface area contributed by atoms with Crippen LogP contribution in [-0.2, 0) is 4.79 Å². The predicted octanol–water partition coefficient (Wildman–Crippen LogP) is 2.62. The van der Waals surface area contributed by atoms with Crippen LogP contribution in [0.2, 0.25) is 0 Å². The van der Waals surface area contributed by atoms with Gasteiger partial charge in [0.05, 0.1) is 11.8 Å². The summed E-state index contributed by atoms with van der Waals surface area (Å²) in [5.41, 5.74) is 1.54. The van der Waals surface area contributed by atoms with E-state index in [-0.39, 0.29) is 11.9 Å². The van der Waals surface area contributed by atoms with Crippen LogP contribution in [0.1, 0.15) is 39.0 Å². The van der Waals surface area contributed by atoms with Crippen LogP contribution in [0.5, 0.6) is 0 Å². The van der Waals surface area contributed by atoms with Gasteiger partial charge in [0.1, 0.15) is 23.9 Å². The number of hydrogen-bond donors (Lipinski definition) is 0. The van der Waals surface area contributed by atoms with Gasteiger partial charge in [0.25, 0.3) is 0 Å². The molecule has 0 aromatic carbocycles. The van der Waals surface area contributed by atoms with Gasteiger partial charge in [0.2, 0.25) is 11.9 Å². The van der Waals surface area contributed by atoms with Crippen LogP contribution >= 0.6 is 0 Å². The van der Waals surface area contributed by atoms with Gasteiger partial charge in [-0.2, -0.15) is 4.98 Å². The number of anilines is 2.